The first kappa shape index (κ1) is 16.4. The number of phenols is 1. The summed E-state index contributed by atoms with van der Waals surface area (Å²) in [5.41, 5.74) is 3.27. The molecule has 1 unspecified atom stereocenters. The van der Waals surface area contributed by atoms with E-state index in [1.807, 2.05) is 18.2 Å². The van der Waals surface area contributed by atoms with Crippen molar-refractivity contribution in [3.05, 3.63) is 35.5 Å². The van der Waals surface area contributed by atoms with Crippen LogP contribution in [0.2, 0.25) is 0 Å². The van der Waals surface area contributed by atoms with E-state index in [9.17, 15) is 5.11 Å². The quantitative estimate of drug-likeness (QED) is 0.911. The van der Waals surface area contributed by atoms with Gasteiger partial charge in [0.25, 0.3) is 0 Å². The van der Waals surface area contributed by atoms with Crippen LogP contribution in [0.25, 0.3) is 11.4 Å². The molecule has 1 N–H and O–H groups in total. The third-order valence-corrected chi connectivity index (χ3v) is 5.78. The van der Waals surface area contributed by atoms with E-state index in [4.69, 9.17) is 9.97 Å². The molecule has 1 aromatic carbocycles. The second kappa shape index (κ2) is 6.66. The molecule has 1 aliphatic heterocycles. The zero-order chi connectivity index (χ0) is 17.4. The van der Waals surface area contributed by atoms with Crippen molar-refractivity contribution < 1.29 is 5.11 Å². The highest BCUT2D eigenvalue weighted by Gasteiger charge is 2.29. The van der Waals surface area contributed by atoms with Crippen LogP contribution >= 0.6 is 0 Å². The van der Waals surface area contributed by atoms with Gasteiger partial charge in [-0.3, -0.25) is 0 Å². The molecule has 1 saturated heterocycles. The number of nitrogens with zero attached hydrogens (tertiary/aromatic N) is 3. The maximum absolute atomic E-state index is 10.3. The first-order valence-corrected chi connectivity index (χ1v) is 9.56. The predicted octanol–water partition coefficient (Wildman–Crippen LogP) is 4.21. The molecule has 1 aliphatic carbocycles. The van der Waals surface area contributed by atoms with Gasteiger partial charge in [-0.05, 0) is 56.1 Å². The minimum atomic E-state index is 0.256. The highest BCUT2D eigenvalue weighted by Crippen LogP contribution is 2.37. The fraction of sp³-hybridized carbons (Fsp3) is 0.524. The number of fused-ring (bicyclic) bond motifs is 1. The van der Waals surface area contributed by atoms with E-state index in [1.54, 1.807) is 6.07 Å². The van der Waals surface area contributed by atoms with Crippen molar-refractivity contribution in [2.24, 2.45) is 11.8 Å². The first-order valence-electron chi connectivity index (χ1n) is 9.56. The van der Waals surface area contributed by atoms with E-state index in [1.165, 1.54) is 30.5 Å². The van der Waals surface area contributed by atoms with Crippen LogP contribution in [0, 0.1) is 11.8 Å². The first-order chi connectivity index (χ1) is 12.1. The Morgan fingerprint density at radius 1 is 1.12 bits per heavy atom. The summed E-state index contributed by atoms with van der Waals surface area (Å²) in [7, 11) is 0. The van der Waals surface area contributed by atoms with Gasteiger partial charge < -0.3 is 10.0 Å². The van der Waals surface area contributed by atoms with Gasteiger partial charge in [0, 0.05) is 18.7 Å². The molecular formula is C21H27N3O. The van der Waals surface area contributed by atoms with Crippen LogP contribution < -0.4 is 4.90 Å². The number of hydrogen-bond donors (Lipinski definition) is 1. The number of rotatable bonds is 3. The van der Waals surface area contributed by atoms with Gasteiger partial charge in [0.2, 0.25) is 0 Å². The zero-order valence-electron chi connectivity index (χ0n) is 15.2. The molecule has 4 heteroatoms. The third-order valence-electron chi connectivity index (χ3n) is 5.78. The van der Waals surface area contributed by atoms with Crippen molar-refractivity contribution >= 4 is 5.82 Å². The van der Waals surface area contributed by atoms with Crippen LogP contribution in [0.4, 0.5) is 5.82 Å². The summed E-state index contributed by atoms with van der Waals surface area (Å²) < 4.78 is 0. The fourth-order valence-corrected chi connectivity index (χ4v) is 4.16. The topological polar surface area (TPSA) is 49.3 Å². The van der Waals surface area contributed by atoms with Crippen LogP contribution in [-0.4, -0.2) is 28.2 Å². The minimum absolute atomic E-state index is 0.256. The van der Waals surface area contributed by atoms with E-state index in [-0.39, 0.29) is 5.75 Å². The highest BCUT2D eigenvalue weighted by atomic mass is 16.3. The van der Waals surface area contributed by atoms with Crippen LogP contribution in [0.5, 0.6) is 5.75 Å². The lowest BCUT2D eigenvalue weighted by Crippen LogP contribution is -2.27. The number of benzene rings is 1. The van der Waals surface area contributed by atoms with E-state index in [0.29, 0.717) is 17.7 Å². The van der Waals surface area contributed by atoms with Gasteiger partial charge >= 0.3 is 0 Å². The molecule has 4 nitrogen and oxygen atoms in total. The minimum Gasteiger partial charge on any atom is -0.507 e. The summed E-state index contributed by atoms with van der Waals surface area (Å²) in [5.74, 6) is 3.40. The average Bonchev–Trinajstić information content (AvgIpc) is 3.15. The molecule has 25 heavy (non-hydrogen) atoms. The van der Waals surface area contributed by atoms with E-state index in [0.717, 1.165) is 37.3 Å². The van der Waals surface area contributed by atoms with E-state index < -0.39 is 0 Å². The Morgan fingerprint density at radius 2 is 1.88 bits per heavy atom. The van der Waals surface area contributed by atoms with Crippen molar-refractivity contribution in [2.45, 2.75) is 46.0 Å². The van der Waals surface area contributed by atoms with Gasteiger partial charge in [-0.1, -0.05) is 26.0 Å². The average molecular weight is 337 g/mol. The largest absolute Gasteiger partial charge is 0.507 e. The number of anilines is 1. The maximum Gasteiger partial charge on any atom is 0.165 e. The number of aromatic hydroxyl groups is 1. The van der Waals surface area contributed by atoms with Crippen LogP contribution in [0.1, 0.15) is 44.4 Å². The van der Waals surface area contributed by atoms with Crippen LogP contribution in [-0.2, 0) is 12.8 Å². The van der Waals surface area contributed by atoms with Gasteiger partial charge in [-0.2, -0.15) is 0 Å². The maximum atomic E-state index is 10.3. The number of phenolic OH excluding ortho intramolecular Hbond substituents is 1. The van der Waals surface area contributed by atoms with Crippen molar-refractivity contribution in [3.63, 3.8) is 0 Å². The molecule has 0 radical (unpaired) electrons. The molecule has 0 saturated carbocycles. The van der Waals surface area contributed by atoms with E-state index in [2.05, 4.69) is 18.7 Å². The number of hydrogen-bond acceptors (Lipinski definition) is 4. The van der Waals surface area contributed by atoms with Gasteiger partial charge in [-0.25, -0.2) is 9.97 Å². The molecule has 4 rings (SSSR count). The summed E-state index contributed by atoms with van der Waals surface area (Å²) in [6.07, 6.45) is 5.80. The number of aromatic nitrogens is 2. The zero-order valence-corrected chi connectivity index (χ0v) is 15.2. The molecule has 0 spiro atoms. The normalized spacial score (nSPS) is 20.1. The lowest BCUT2D eigenvalue weighted by Gasteiger charge is -2.30. The van der Waals surface area contributed by atoms with Crippen LogP contribution in [0.15, 0.2) is 24.3 Å². The lowest BCUT2D eigenvalue weighted by molar-refractivity contribution is 0.338. The van der Waals surface area contributed by atoms with Crippen molar-refractivity contribution in [1.82, 2.24) is 9.97 Å². The molecule has 2 heterocycles. The van der Waals surface area contributed by atoms with Gasteiger partial charge in [0.05, 0.1) is 11.3 Å². The molecule has 0 bridgehead atoms. The molecule has 1 fully saturated rings. The molecule has 132 valence electrons. The summed E-state index contributed by atoms with van der Waals surface area (Å²) in [6.45, 7) is 6.78. The van der Waals surface area contributed by atoms with E-state index >= 15 is 0 Å². The molecular weight excluding hydrogens is 310 g/mol. The Bertz CT molecular complexity index is 766. The molecule has 1 aromatic heterocycles. The van der Waals surface area contributed by atoms with Crippen molar-refractivity contribution in [3.8, 4) is 17.1 Å². The standard InChI is InChI=1S/C21H27N3O/c1-14(2)15-9-10-16-18(13-15)22-20(17-7-3-4-8-19(17)25)23-21(16)24-11-5-6-12-24/h3-4,7-8,14-15,25H,5-6,9-13H2,1-2H3. The summed E-state index contributed by atoms with van der Waals surface area (Å²) >= 11 is 0. The molecule has 2 aliphatic rings. The monoisotopic (exact) mass is 337 g/mol. The Balaban J connectivity index is 1.82. The summed E-state index contributed by atoms with van der Waals surface area (Å²) in [5, 5.41) is 10.3. The van der Waals surface area contributed by atoms with Gasteiger partial charge in [-0.15, -0.1) is 0 Å². The Kier molecular flexibility index (Phi) is 4.36. The predicted molar refractivity (Wildman–Crippen MR) is 101 cm³/mol. The second-order valence-electron chi connectivity index (χ2n) is 7.75. The lowest BCUT2D eigenvalue weighted by atomic mass is 9.80. The smallest absolute Gasteiger partial charge is 0.165 e. The highest BCUT2D eigenvalue weighted by molar-refractivity contribution is 5.66. The fourth-order valence-electron chi connectivity index (χ4n) is 4.16. The molecule has 1 atom stereocenters. The summed E-state index contributed by atoms with van der Waals surface area (Å²) in [6, 6.07) is 7.40. The Hall–Kier alpha value is -2.10. The molecule has 2 aromatic rings. The van der Waals surface area contributed by atoms with Crippen molar-refractivity contribution in [2.75, 3.05) is 18.0 Å². The molecule has 0 amide bonds. The Labute approximate surface area is 149 Å². The second-order valence-corrected chi connectivity index (χ2v) is 7.75. The van der Waals surface area contributed by atoms with Gasteiger partial charge in [0.1, 0.15) is 11.6 Å². The Morgan fingerprint density at radius 3 is 2.60 bits per heavy atom. The third kappa shape index (κ3) is 3.10. The SMILES string of the molecule is CC(C)C1CCc2c(nc(-c3ccccc3O)nc2N2CCCC2)C1. The number of para-hydroxylation sites is 1. The van der Waals surface area contributed by atoms with Crippen molar-refractivity contribution in [1.29, 1.82) is 0 Å². The summed E-state index contributed by atoms with van der Waals surface area (Å²) in [4.78, 5) is 12.3. The van der Waals surface area contributed by atoms with Crippen LogP contribution in [0.3, 0.4) is 0 Å². The van der Waals surface area contributed by atoms with Gasteiger partial charge in [0.15, 0.2) is 5.82 Å².